The number of para-hydroxylation sites is 2. The molecule has 2 N–H and O–H groups in total. The lowest BCUT2D eigenvalue weighted by atomic mass is 10.1. The highest BCUT2D eigenvalue weighted by atomic mass is 32.2. The van der Waals surface area contributed by atoms with Gasteiger partial charge in [-0.05, 0) is 54.7 Å². The zero-order valence-corrected chi connectivity index (χ0v) is 19.2. The standard InChI is InChI=1S/C23H29N3O4S/c1-28-19-13-15(14-20(29-2)22(19)30-3)9-10-21(27)24-18(11-12-31-4)23-25-16-7-5-6-8-17(16)26-23/h5-8,13-14,18H,9-12H2,1-4H3,(H,24,27)(H,25,26)/t18-/m0/s1. The van der Waals surface area contributed by atoms with Crippen LogP contribution in [0.25, 0.3) is 11.0 Å². The average molecular weight is 444 g/mol. The number of nitrogens with zero attached hydrogens (tertiary/aromatic N) is 1. The van der Waals surface area contributed by atoms with E-state index in [2.05, 4.69) is 21.5 Å². The van der Waals surface area contributed by atoms with Crippen molar-refractivity contribution in [2.75, 3.05) is 33.3 Å². The van der Waals surface area contributed by atoms with Gasteiger partial charge in [-0.25, -0.2) is 4.98 Å². The van der Waals surface area contributed by atoms with Crippen LogP contribution in [0, 0.1) is 0 Å². The van der Waals surface area contributed by atoms with E-state index in [0.29, 0.717) is 30.1 Å². The number of nitrogens with one attached hydrogen (secondary N) is 2. The predicted molar refractivity (Wildman–Crippen MR) is 124 cm³/mol. The van der Waals surface area contributed by atoms with Crippen LogP contribution in [0.1, 0.15) is 30.3 Å². The summed E-state index contributed by atoms with van der Waals surface area (Å²) >= 11 is 1.75. The number of benzene rings is 2. The molecule has 166 valence electrons. The minimum Gasteiger partial charge on any atom is -0.493 e. The van der Waals surface area contributed by atoms with Gasteiger partial charge in [0.1, 0.15) is 5.82 Å². The second kappa shape index (κ2) is 10.9. The molecule has 3 aromatic rings. The molecule has 0 saturated carbocycles. The van der Waals surface area contributed by atoms with Crippen molar-refractivity contribution < 1.29 is 19.0 Å². The molecule has 0 radical (unpaired) electrons. The largest absolute Gasteiger partial charge is 0.493 e. The monoisotopic (exact) mass is 443 g/mol. The van der Waals surface area contributed by atoms with Crippen LogP contribution in [0.4, 0.5) is 0 Å². The van der Waals surface area contributed by atoms with Crippen LogP contribution in [-0.4, -0.2) is 49.2 Å². The van der Waals surface area contributed by atoms with Gasteiger partial charge in [-0.1, -0.05) is 12.1 Å². The number of H-pyrrole nitrogens is 1. The third-order valence-corrected chi connectivity index (χ3v) is 5.69. The van der Waals surface area contributed by atoms with E-state index in [1.54, 1.807) is 33.1 Å². The van der Waals surface area contributed by atoms with Crippen molar-refractivity contribution in [1.82, 2.24) is 15.3 Å². The summed E-state index contributed by atoms with van der Waals surface area (Å²) in [5.41, 5.74) is 2.81. The lowest BCUT2D eigenvalue weighted by molar-refractivity contribution is -0.121. The maximum atomic E-state index is 12.8. The quantitative estimate of drug-likeness (QED) is 0.463. The van der Waals surface area contributed by atoms with Crippen LogP contribution in [0.15, 0.2) is 36.4 Å². The molecule has 0 aliphatic heterocycles. The summed E-state index contributed by atoms with van der Waals surface area (Å²) < 4.78 is 16.2. The van der Waals surface area contributed by atoms with Crippen LogP contribution in [-0.2, 0) is 11.2 Å². The van der Waals surface area contributed by atoms with Crippen molar-refractivity contribution in [2.24, 2.45) is 0 Å². The van der Waals surface area contributed by atoms with Gasteiger partial charge >= 0.3 is 0 Å². The van der Waals surface area contributed by atoms with Crippen LogP contribution in [0.3, 0.4) is 0 Å². The molecule has 8 heteroatoms. The Labute approximate surface area is 186 Å². The first kappa shape index (κ1) is 22.8. The Morgan fingerprint density at radius 3 is 2.45 bits per heavy atom. The first-order chi connectivity index (χ1) is 15.1. The number of hydrogen-bond acceptors (Lipinski definition) is 6. The van der Waals surface area contributed by atoms with E-state index in [1.807, 2.05) is 36.4 Å². The number of imidazole rings is 1. The zero-order chi connectivity index (χ0) is 22.2. The van der Waals surface area contributed by atoms with Gasteiger partial charge in [0.15, 0.2) is 11.5 Å². The number of aromatic amines is 1. The van der Waals surface area contributed by atoms with Crippen LogP contribution >= 0.6 is 11.8 Å². The third-order valence-electron chi connectivity index (χ3n) is 5.05. The molecular formula is C23H29N3O4S. The number of rotatable bonds is 11. The topological polar surface area (TPSA) is 85.5 Å². The summed E-state index contributed by atoms with van der Waals surface area (Å²) in [5, 5.41) is 3.15. The van der Waals surface area contributed by atoms with Gasteiger partial charge in [0.05, 0.1) is 38.4 Å². The number of aryl methyl sites for hydroxylation is 1. The molecule has 1 aromatic heterocycles. The average Bonchev–Trinajstić information content (AvgIpc) is 3.23. The Morgan fingerprint density at radius 2 is 1.84 bits per heavy atom. The predicted octanol–water partition coefficient (Wildman–Crippen LogP) is 4.13. The molecule has 1 amide bonds. The molecule has 0 bridgehead atoms. The molecule has 0 unspecified atom stereocenters. The van der Waals surface area contributed by atoms with Crippen molar-refractivity contribution in [3.63, 3.8) is 0 Å². The molecule has 0 fully saturated rings. The van der Waals surface area contributed by atoms with E-state index in [4.69, 9.17) is 14.2 Å². The molecule has 31 heavy (non-hydrogen) atoms. The van der Waals surface area contributed by atoms with E-state index in [-0.39, 0.29) is 11.9 Å². The summed E-state index contributed by atoms with van der Waals surface area (Å²) in [6.07, 6.45) is 3.76. The minimum atomic E-state index is -0.160. The number of ether oxygens (including phenoxy) is 3. The fourth-order valence-electron chi connectivity index (χ4n) is 3.45. The molecule has 3 rings (SSSR count). The Balaban J connectivity index is 1.70. The number of thioether (sulfide) groups is 1. The second-order valence-corrected chi connectivity index (χ2v) is 8.06. The van der Waals surface area contributed by atoms with Crippen LogP contribution < -0.4 is 19.5 Å². The summed E-state index contributed by atoms with van der Waals surface area (Å²) in [6.45, 7) is 0. The van der Waals surface area contributed by atoms with E-state index < -0.39 is 0 Å². The molecule has 2 aromatic carbocycles. The highest BCUT2D eigenvalue weighted by Gasteiger charge is 2.19. The van der Waals surface area contributed by atoms with E-state index in [9.17, 15) is 4.79 Å². The van der Waals surface area contributed by atoms with Crippen molar-refractivity contribution in [3.05, 3.63) is 47.8 Å². The molecular weight excluding hydrogens is 414 g/mol. The van der Waals surface area contributed by atoms with Gasteiger partial charge in [0.2, 0.25) is 11.7 Å². The molecule has 0 spiro atoms. The number of hydrogen-bond donors (Lipinski definition) is 2. The van der Waals surface area contributed by atoms with Gasteiger partial charge in [-0.15, -0.1) is 0 Å². The fourth-order valence-corrected chi connectivity index (χ4v) is 3.93. The molecule has 0 aliphatic carbocycles. The lowest BCUT2D eigenvalue weighted by Crippen LogP contribution is -2.30. The number of aromatic nitrogens is 2. The highest BCUT2D eigenvalue weighted by Crippen LogP contribution is 2.38. The van der Waals surface area contributed by atoms with Gasteiger partial charge in [0, 0.05) is 6.42 Å². The van der Waals surface area contributed by atoms with Gasteiger partial charge in [-0.3, -0.25) is 4.79 Å². The van der Waals surface area contributed by atoms with Gasteiger partial charge < -0.3 is 24.5 Å². The lowest BCUT2D eigenvalue weighted by Gasteiger charge is -2.17. The maximum absolute atomic E-state index is 12.8. The summed E-state index contributed by atoms with van der Waals surface area (Å²) in [6, 6.07) is 11.5. The molecule has 1 atom stereocenters. The molecule has 0 saturated heterocycles. The Kier molecular flexibility index (Phi) is 8.06. The number of methoxy groups -OCH3 is 3. The summed E-state index contributed by atoms with van der Waals surface area (Å²) in [7, 11) is 4.73. The van der Waals surface area contributed by atoms with Crippen molar-refractivity contribution in [2.45, 2.75) is 25.3 Å². The SMILES string of the molecule is COc1cc(CCC(=O)N[C@@H](CCSC)c2nc3ccccc3[nH]2)cc(OC)c1OC. The number of carbonyl (C=O) groups is 1. The highest BCUT2D eigenvalue weighted by molar-refractivity contribution is 7.98. The number of fused-ring (bicyclic) bond motifs is 1. The molecule has 0 aliphatic rings. The van der Waals surface area contributed by atoms with Crippen molar-refractivity contribution in [3.8, 4) is 17.2 Å². The molecule has 7 nitrogen and oxygen atoms in total. The number of amides is 1. The first-order valence-corrected chi connectivity index (χ1v) is 11.5. The van der Waals surface area contributed by atoms with E-state index in [0.717, 1.165) is 34.6 Å². The zero-order valence-electron chi connectivity index (χ0n) is 18.4. The summed E-state index contributed by atoms with van der Waals surface area (Å²) in [4.78, 5) is 20.8. The van der Waals surface area contributed by atoms with Crippen LogP contribution in [0.2, 0.25) is 0 Å². The maximum Gasteiger partial charge on any atom is 0.220 e. The van der Waals surface area contributed by atoms with E-state index in [1.165, 1.54) is 0 Å². The molecule has 1 heterocycles. The van der Waals surface area contributed by atoms with Gasteiger partial charge in [-0.2, -0.15) is 11.8 Å². The van der Waals surface area contributed by atoms with Gasteiger partial charge in [0.25, 0.3) is 0 Å². The fraction of sp³-hybridized carbons (Fsp3) is 0.391. The Bertz CT molecular complexity index is 963. The smallest absolute Gasteiger partial charge is 0.220 e. The Morgan fingerprint density at radius 1 is 1.13 bits per heavy atom. The first-order valence-electron chi connectivity index (χ1n) is 10.1. The minimum absolute atomic E-state index is 0.0275. The third kappa shape index (κ3) is 5.64. The Hall–Kier alpha value is -2.87. The summed E-state index contributed by atoms with van der Waals surface area (Å²) in [5.74, 6) is 3.39. The number of carbonyl (C=O) groups excluding carboxylic acids is 1. The second-order valence-electron chi connectivity index (χ2n) is 7.07. The van der Waals surface area contributed by atoms with E-state index >= 15 is 0 Å². The normalized spacial score (nSPS) is 11.9. The van der Waals surface area contributed by atoms with Crippen LogP contribution in [0.5, 0.6) is 17.2 Å². The van der Waals surface area contributed by atoms with Crippen molar-refractivity contribution in [1.29, 1.82) is 0 Å². The van der Waals surface area contributed by atoms with Crippen molar-refractivity contribution >= 4 is 28.7 Å².